The molecule has 0 atom stereocenters. The van der Waals surface area contributed by atoms with Crippen molar-refractivity contribution in [2.24, 2.45) is 0 Å². The van der Waals surface area contributed by atoms with Crippen molar-refractivity contribution in [2.75, 3.05) is 6.61 Å². The van der Waals surface area contributed by atoms with E-state index in [9.17, 15) is 4.79 Å². The smallest absolute Gasteiger partial charge is 0.341 e. The van der Waals surface area contributed by atoms with Gasteiger partial charge < -0.3 is 14.9 Å². The van der Waals surface area contributed by atoms with E-state index in [2.05, 4.69) is 0 Å². The van der Waals surface area contributed by atoms with Crippen LogP contribution in [0.4, 0.5) is 0 Å². The molecule has 2 N–H and O–H groups in total. The number of hydrogen-bond donors (Lipinski definition) is 2. The summed E-state index contributed by atoms with van der Waals surface area (Å²) in [6, 6.07) is 4.06. The zero-order valence-corrected chi connectivity index (χ0v) is 7.28. The van der Waals surface area contributed by atoms with E-state index in [4.69, 9.17) is 26.6 Å². The third kappa shape index (κ3) is 2.83. The van der Waals surface area contributed by atoms with Gasteiger partial charge in [0, 0.05) is 6.07 Å². The Bertz CT molecular complexity index is 324. The van der Waals surface area contributed by atoms with Crippen LogP contribution in [0.1, 0.15) is 0 Å². The first kappa shape index (κ1) is 9.67. The van der Waals surface area contributed by atoms with Crippen LogP contribution in [0.2, 0.25) is 5.02 Å². The summed E-state index contributed by atoms with van der Waals surface area (Å²) in [7, 11) is 0. The molecule has 1 aromatic rings. The highest BCUT2D eigenvalue weighted by molar-refractivity contribution is 6.32. The lowest BCUT2D eigenvalue weighted by atomic mass is 10.3. The van der Waals surface area contributed by atoms with Gasteiger partial charge in [0.05, 0.1) is 5.02 Å². The standard InChI is InChI=1S/C8H7ClO4/c9-6-2-1-5(10)3-7(6)13-4-8(11)12/h1-3,10H,4H2,(H,11,12). The highest BCUT2D eigenvalue weighted by Crippen LogP contribution is 2.27. The Kier molecular flexibility index (Phi) is 2.97. The molecule has 5 heteroatoms. The van der Waals surface area contributed by atoms with E-state index < -0.39 is 12.6 Å². The molecule has 0 fully saturated rings. The molecule has 0 saturated carbocycles. The Labute approximate surface area is 79.3 Å². The summed E-state index contributed by atoms with van der Waals surface area (Å²) in [5.74, 6) is -0.965. The van der Waals surface area contributed by atoms with Crippen molar-refractivity contribution in [3.63, 3.8) is 0 Å². The van der Waals surface area contributed by atoms with Gasteiger partial charge in [0.25, 0.3) is 0 Å². The molecular weight excluding hydrogens is 196 g/mol. The molecule has 0 saturated heterocycles. The number of benzene rings is 1. The topological polar surface area (TPSA) is 66.8 Å². The van der Waals surface area contributed by atoms with Gasteiger partial charge in [-0.15, -0.1) is 0 Å². The minimum absolute atomic E-state index is 0.0233. The van der Waals surface area contributed by atoms with Gasteiger partial charge in [0.1, 0.15) is 11.5 Å². The van der Waals surface area contributed by atoms with Gasteiger partial charge in [-0.1, -0.05) is 11.6 Å². The number of carboxylic acid groups (broad SMARTS) is 1. The van der Waals surface area contributed by atoms with E-state index in [1.54, 1.807) is 0 Å². The lowest BCUT2D eigenvalue weighted by molar-refractivity contribution is -0.139. The highest BCUT2D eigenvalue weighted by atomic mass is 35.5. The zero-order valence-electron chi connectivity index (χ0n) is 6.53. The Hall–Kier alpha value is -1.42. The minimum Gasteiger partial charge on any atom is -0.508 e. The molecule has 0 spiro atoms. The van der Waals surface area contributed by atoms with Crippen molar-refractivity contribution in [3.8, 4) is 11.5 Å². The molecule has 1 aromatic carbocycles. The van der Waals surface area contributed by atoms with E-state index in [-0.39, 0.29) is 16.5 Å². The second-order valence-electron chi connectivity index (χ2n) is 2.30. The summed E-state index contributed by atoms with van der Waals surface area (Å²) in [4.78, 5) is 10.1. The lowest BCUT2D eigenvalue weighted by Crippen LogP contribution is -2.09. The first-order chi connectivity index (χ1) is 6.09. The summed E-state index contributed by atoms with van der Waals surface area (Å²) in [5.41, 5.74) is 0. The molecule has 0 radical (unpaired) electrons. The Morgan fingerprint density at radius 2 is 2.23 bits per heavy atom. The van der Waals surface area contributed by atoms with E-state index in [0.29, 0.717) is 0 Å². The quantitative estimate of drug-likeness (QED) is 0.780. The molecule has 70 valence electrons. The van der Waals surface area contributed by atoms with Crippen molar-refractivity contribution in [1.82, 2.24) is 0 Å². The van der Waals surface area contributed by atoms with Crippen LogP contribution in [-0.4, -0.2) is 22.8 Å². The van der Waals surface area contributed by atoms with Crippen molar-refractivity contribution in [1.29, 1.82) is 0 Å². The molecule has 0 aliphatic rings. The predicted molar refractivity (Wildman–Crippen MR) is 46.2 cm³/mol. The first-order valence-corrected chi connectivity index (χ1v) is 3.80. The average Bonchev–Trinajstić information content (AvgIpc) is 2.06. The number of carbonyl (C=O) groups is 1. The van der Waals surface area contributed by atoms with Crippen LogP contribution in [0.5, 0.6) is 11.5 Å². The third-order valence-corrected chi connectivity index (χ3v) is 1.58. The van der Waals surface area contributed by atoms with Crippen LogP contribution >= 0.6 is 11.6 Å². The number of hydrogen-bond acceptors (Lipinski definition) is 3. The van der Waals surface area contributed by atoms with Crippen molar-refractivity contribution >= 4 is 17.6 Å². The fraction of sp³-hybridized carbons (Fsp3) is 0.125. The molecule has 4 nitrogen and oxygen atoms in total. The van der Waals surface area contributed by atoms with Crippen LogP contribution in [-0.2, 0) is 4.79 Å². The van der Waals surface area contributed by atoms with Gasteiger partial charge in [0.2, 0.25) is 0 Å². The number of ether oxygens (including phenoxy) is 1. The second kappa shape index (κ2) is 4.00. The number of rotatable bonds is 3. The van der Waals surface area contributed by atoms with Gasteiger partial charge in [-0.2, -0.15) is 0 Å². The highest BCUT2D eigenvalue weighted by Gasteiger charge is 2.04. The molecule has 0 aliphatic heterocycles. The number of aromatic hydroxyl groups is 1. The van der Waals surface area contributed by atoms with E-state index >= 15 is 0 Å². The Morgan fingerprint density at radius 1 is 1.54 bits per heavy atom. The number of halogens is 1. The monoisotopic (exact) mass is 202 g/mol. The molecular formula is C8H7ClO4. The summed E-state index contributed by atoms with van der Waals surface area (Å²) < 4.78 is 4.79. The SMILES string of the molecule is O=C(O)COc1cc(O)ccc1Cl. The summed E-state index contributed by atoms with van der Waals surface area (Å²) >= 11 is 5.65. The fourth-order valence-corrected chi connectivity index (χ4v) is 0.914. The molecule has 0 amide bonds. The van der Waals surface area contributed by atoms with Crippen molar-refractivity contribution in [3.05, 3.63) is 23.2 Å². The third-order valence-electron chi connectivity index (χ3n) is 1.27. The molecule has 1 rings (SSSR count). The summed E-state index contributed by atoms with van der Waals surface area (Å²) in [6.45, 7) is -0.483. The minimum atomic E-state index is -1.10. The van der Waals surface area contributed by atoms with Crippen LogP contribution in [0.3, 0.4) is 0 Å². The van der Waals surface area contributed by atoms with E-state index in [1.807, 2.05) is 0 Å². The van der Waals surface area contributed by atoms with Crippen molar-refractivity contribution < 1.29 is 19.7 Å². The first-order valence-electron chi connectivity index (χ1n) is 3.42. The maximum absolute atomic E-state index is 10.1. The Morgan fingerprint density at radius 3 is 2.85 bits per heavy atom. The Balaban J connectivity index is 2.75. The van der Waals surface area contributed by atoms with Crippen LogP contribution in [0.15, 0.2) is 18.2 Å². The number of phenolic OH excluding ortho intramolecular Hbond substituents is 1. The molecule has 0 unspecified atom stereocenters. The molecule has 0 aliphatic carbocycles. The second-order valence-corrected chi connectivity index (χ2v) is 2.70. The molecule has 13 heavy (non-hydrogen) atoms. The van der Waals surface area contributed by atoms with Crippen LogP contribution in [0, 0.1) is 0 Å². The van der Waals surface area contributed by atoms with E-state index in [1.165, 1.54) is 18.2 Å². The summed E-state index contributed by atoms with van der Waals surface area (Å²) in [5, 5.41) is 17.6. The van der Waals surface area contributed by atoms with Gasteiger partial charge in [-0.25, -0.2) is 4.79 Å². The van der Waals surface area contributed by atoms with Crippen LogP contribution < -0.4 is 4.74 Å². The van der Waals surface area contributed by atoms with Gasteiger partial charge >= 0.3 is 5.97 Å². The maximum atomic E-state index is 10.1. The number of aliphatic carboxylic acids is 1. The average molecular weight is 203 g/mol. The van der Waals surface area contributed by atoms with Gasteiger partial charge in [-0.3, -0.25) is 0 Å². The maximum Gasteiger partial charge on any atom is 0.341 e. The predicted octanol–water partition coefficient (Wildman–Crippen LogP) is 1.51. The fourth-order valence-electron chi connectivity index (χ4n) is 0.742. The zero-order chi connectivity index (χ0) is 9.84. The molecule has 0 bridgehead atoms. The normalized spacial score (nSPS) is 9.62. The van der Waals surface area contributed by atoms with Gasteiger partial charge in [-0.05, 0) is 12.1 Å². The number of phenols is 1. The van der Waals surface area contributed by atoms with Crippen molar-refractivity contribution in [2.45, 2.75) is 0 Å². The molecule has 0 aromatic heterocycles. The largest absolute Gasteiger partial charge is 0.508 e. The van der Waals surface area contributed by atoms with Crippen LogP contribution in [0.25, 0.3) is 0 Å². The van der Waals surface area contributed by atoms with Gasteiger partial charge in [0.15, 0.2) is 6.61 Å². The number of carboxylic acids is 1. The summed E-state index contributed by atoms with van der Waals surface area (Å²) in [6.07, 6.45) is 0. The lowest BCUT2D eigenvalue weighted by Gasteiger charge is -2.04. The van der Waals surface area contributed by atoms with E-state index in [0.717, 1.165) is 0 Å². The molecule has 0 heterocycles.